The van der Waals surface area contributed by atoms with Crippen molar-refractivity contribution < 1.29 is 14.3 Å². The molecule has 1 aromatic carbocycles. The molecule has 0 aliphatic carbocycles. The van der Waals surface area contributed by atoms with E-state index in [1.54, 1.807) is 55.0 Å². The highest BCUT2D eigenvalue weighted by Gasteiger charge is 2.12. The lowest BCUT2D eigenvalue weighted by molar-refractivity contribution is -0.142. The molecule has 0 aliphatic rings. The van der Waals surface area contributed by atoms with Gasteiger partial charge in [0.1, 0.15) is 0 Å². The Morgan fingerprint density at radius 2 is 1.89 bits per heavy atom. The minimum atomic E-state index is -0.342. The predicted molar refractivity (Wildman–Crippen MR) is 102 cm³/mol. The summed E-state index contributed by atoms with van der Waals surface area (Å²) in [4.78, 5) is 36.2. The average molecular weight is 383 g/mol. The maximum atomic E-state index is 12.3. The second-order valence-corrected chi connectivity index (χ2v) is 6.21. The number of carbonyl (C=O) groups excluding carboxylic acids is 2. The summed E-state index contributed by atoms with van der Waals surface area (Å²) in [5.74, 6) is -0.146. The van der Waals surface area contributed by atoms with E-state index >= 15 is 0 Å². The SMILES string of the molecule is CCOC(=O)Cc1csc(NC(=O)c2ccc(Nc3ncccn3)cc2)n1. The Morgan fingerprint density at radius 1 is 1.15 bits per heavy atom. The summed E-state index contributed by atoms with van der Waals surface area (Å²) < 4.78 is 4.88. The monoisotopic (exact) mass is 383 g/mol. The van der Waals surface area contributed by atoms with Crippen molar-refractivity contribution in [2.75, 3.05) is 17.2 Å². The molecule has 0 unspecified atom stereocenters. The molecular weight excluding hydrogens is 366 g/mol. The van der Waals surface area contributed by atoms with Crippen molar-refractivity contribution in [3.05, 3.63) is 59.4 Å². The van der Waals surface area contributed by atoms with Crippen molar-refractivity contribution in [2.24, 2.45) is 0 Å². The van der Waals surface area contributed by atoms with Crippen LogP contribution in [-0.4, -0.2) is 33.4 Å². The van der Waals surface area contributed by atoms with Gasteiger partial charge in [-0.1, -0.05) is 0 Å². The third-order valence-electron chi connectivity index (χ3n) is 3.37. The molecule has 8 nitrogen and oxygen atoms in total. The first kappa shape index (κ1) is 18.5. The highest BCUT2D eigenvalue weighted by atomic mass is 32.1. The van der Waals surface area contributed by atoms with Crippen molar-refractivity contribution in [1.29, 1.82) is 0 Å². The van der Waals surface area contributed by atoms with E-state index in [-0.39, 0.29) is 18.3 Å². The molecule has 138 valence electrons. The molecule has 2 N–H and O–H groups in total. The molecule has 0 spiro atoms. The number of nitrogens with one attached hydrogen (secondary N) is 2. The van der Waals surface area contributed by atoms with Crippen LogP contribution in [0.15, 0.2) is 48.1 Å². The number of anilines is 3. The molecule has 27 heavy (non-hydrogen) atoms. The largest absolute Gasteiger partial charge is 0.466 e. The van der Waals surface area contributed by atoms with Gasteiger partial charge in [0.05, 0.1) is 18.7 Å². The highest BCUT2D eigenvalue weighted by Crippen LogP contribution is 2.18. The van der Waals surface area contributed by atoms with Gasteiger partial charge in [-0.15, -0.1) is 11.3 Å². The van der Waals surface area contributed by atoms with Crippen LogP contribution >= 0.6 is 11.3 Å². The van der Waals surface area contributed by atoms with Crippen LogP contribution in [0.4, 0.5) is 16.8 Å². The van der Waals surface area contributed by atoms with Crippen LogP contribution in [0, 0.1) is 0 Å². The van der Waals surface area contributed by atoms with Crippen LogP contribution in [-0.2, 0) is 16.0 Å². The zero-order chi connectivity index (χ0) is 19.1. The van der Waals surface area contributed by atoms with E-state index in [0.717, 1.165) is 5.69 Å². The van der Waals surface area contributed by atoms with Gasteiger partial charge >= 0.3 is 5.97 Å². The molecule has 0 bridgehead atoms. The molecule has 0 fully saturated rings. The molecular formula is C18H17N5O3S. The molecule has 2 heterocycles. The summed E-state index contributed by atoms with van der Waals surface area (Å²) in [6.45, 7) is 2.08. The van der Waals surface area contributed by atoms with Gasteiger partial charge in [-0.3, -0.25) is 14.9 Å². The maximum absolute atomic E-state index is 12.3. The number of ether oxygens (including phenoxy) is 1. The lowest BCUT2D eigenvalue weighted by Gasteiger charge is -2.06. The van der Waals surface area contributed by atoms with Crippen LogP contribution < -0.4 is 10.6 Å². The van der Waals surface area contributed by atoms with E-state index in [1.165, 1.54) is 11.3 Å². The van der Waals surface area contributed by atoms with Gasteiger partial charge in [-0.05, 0) is 37.3 Å². The zero-order valence-corrected chi connectivity index (χ0v) is 15.3. The molecule has 3 rings (SSSR count). The number of amides is 1. The lowest BCUT2D eigenvalue weighted by atomic mass is 10.2. The van der Waals surface area contributed by atoms with Crippen LogP contribution in [0.3, 0.4) is 0 Å². The number of rotatable bonds is 7. The first-order valence-electron chi connectivity index (χ1n) is 8.19. The first-order valence-corrected chi connectivity index (χ1v) is 9.07. The smallest absolute Gasteiger partial charge is 0.311 e. The summed E-state index contributed by atoms with van der Waals surface area (Å²) >= 11 is 1.26. The minimum Gasteiger partial charge on any atom is -0.466 e. The Bertz CT molecular complexity index is 912. The zero-order valence-electron chi connectivity index (χ0n) is 14.5. The van der Waals surface area contributed by atoms with E-state index in [9.17, 15) is 9.59 Å². The molecule has 1 amide bonds. The van der Waals surface area contributed by atoms with Crippen molar-refractivity contribution in [3.63, 3.8) is 0 Å². The summed E-state index contributed by atoms with van der Waals surface area (Å²) in [7, 11) is 0. The average Bonchev–Trinajstić information content (AvgIpc) is 3.10. The van der Waals surface area contributed by atoms with Crippen LogP contribution in [0.1, 0.15) is 23.0 Å². The van der Waals surface area contributed by atoms with Gasteiger partial charge in [-0.2, -0.15) is 0 Å². The number of aromatic nitrogens is 3. The number of nitrogens with zero attached hydrogens (tertiary/aromatic N) is 3. The highest BCUT2D eigenvalue weighted by molar-refractivity contribution is 7.14. The molecule has 0 saturated heterocycles. The number of hydrogen-bond donors (Lipinski definition) is 2. The number of esters is 1. The molecule has 0 atom stereocenters. The molecule has 0 radical (unpaired) electrons. The predicted octanol–water partition coefficient (Wildman–Crippen LogP) is 3.03. The van der Waals surface area contributed by atoms with E-state index in [2.05, 4.69) is 25.6 Å². The Balaban J connectivity index is 1.58. The molecule has 0 aliphatic heterocycles. The van der Waals surface area contributed by atoms with Crippen LogP contribution in [0.25, 0.3) is 0 Å². The van der Waals surface area contributed by atoms with Gasteiger partial charge in [0.2, 0.25) is 5.95 Å². The molecule has 2 aromatic heterocycles. The van der Waals surface area contributed by atoms with Gasteiger partial charge in [0, 0.05) is 29.0 Å². The summed E-state index contributed by atoms with van der Waals surface area (Å²) in [6.07, 6.45) is 3.37. The second-order valence-electron chi connectivity index (χ2n) is 5.35. The Hall–Kier alpha value is -3.33. The third kappa shape index (κ3) is 5.32. The van der Waals surface area contributed by atoms with E-state index in [1.807, 2.05) is 0 Å². The minimum absolute atomic E-state index is 0.0855. The fourth-order valence-corrected chi connectivity index (χ4v) is 2.88. The third-order valence-corrected chi connectivity index (χ3v) is 4.18. The van der Waals surface area contributed by atoms with Crippen molar-refractivity contribution in [1.82, 2.24) is 15.0 Å². The van der Waals surface area contributed by atoms with E-state index < -0.39 is 0 Å². The number of hydrogen-bond acceptors (Lipinski definition) is 8. The van der Waals surface area contributed by atoms with Gasteiger partial charge < -0.3 is 10.1 Å². The van der Waals surface area contributed by atoms with Gasteiger partial charge in [0.25, 0.3) is 5.91 Å². The topological polar surface area (TPSA) is 106 Å². The summed E-state index contributed by atoms with van der Waals surface area (Å²) in [5.41, 5.74) is 1.82. The maximum Gasteiger partial charge on any atom is 0.311 e. The van der Waals surface area contributed by atoms with Crippen molar-refractivity contribution in [3.8, 4) is 0 Å². The molecule has 9 heteroatoms. The fourth-order valence-electron chi connectivity index (χ4n) is 2.17. The number of thiazole rings is 1. The Labute approximate surface area is 159 Å². The summed E-state index contributed by atoms with van der Waals surface area (Å²) in [6, 6.07) is 8.63. The molecule has 3 aromatic rings. The Morgan fingerprint density at radius 3 is 2.59 bits per heavy atom. The number of benzene rings is 1. The lowest BCUT2D eigenvalue weighted by Crippen LogP contribution is -2.12. The number of carbonyl (C=O) groups is 2. The quantitative estimate of drug-likeness (QED) is 0.604. The first-order chi connectivity index (χ1) is 13.1. The van der Waals surface area contributed by atoms with Crippen LogP contribution in [0.5, 0.6) is 0 Å². The fraction of sp³-hybridized carbons (Fsp3) is 0.167. The van der Waals surface area contributed by atoms with Crippen molar-refractivity contribution >= 4 is 40.0 Å². The summed E-state index contributed by atoms with van der Waals surface area (Å²) in [5, 5.41) is 7.92. The normalized spacial score (nSPS) is 10.3. The second kappa shape index (κ2) is 8.86. The molecule has 0 saturated carbocycles. The van der Waals surface area contributed by atoms with E-state index in [0.29, 0.717) is 28.9 Å². The van der Waals surface area contributed by atoms with Crippen molar-refractivity contribution in [2.45, 2.75) is 13.3 Å². The standard InChI is InChI=1S/C18H17N5O3S/c1-2-26-15(24)10-14-11-27-18(22-14)23-16(25)12-4-6-13(7-5-12)21-17-19-8-3-9-20-17/h3-9,11H,2,10H2,1H3,(H,19,20,21)(H,22,23,25). The Kier molecular flexibility index (Phi) is 6.06. The van der Waals surface area contributed by atoms with E-state index in [4.69, 9.17) is 4.74 Å². The van der Waals surface area contributed by atoms with Gasteiger partial charge in [0.15, 0.2) is 5.13 Å². The van der Waals surface area contributed by atoms with Gasteiger partial charge in [-0.25, -0.2) is 15.0 Å². The van der Waals surface area contributed by atoms with Crippen LogP contribution in [0.2, 0.25) is 0 Å².